The van der Waals surface area contributed by atoms with Crippen molar-refractivity contribution >= 4 is 21.8 Å². The lowest BCUT2D eigenvalue weighted by Gasteiger charge is -2.33. The molecular formula is C23H26FN3O4S. The van der Waals surface area contributed by atoms with Crippen molar-refractivity contribution in [1.82, 2.24) is 14.1 Å². The number of benzene rings is 2. The zero-order valence-corrected chi connectivity index (χ0v) is 18.7. The van der Waals surface area contributed by atoms with Gasteiger partial charge in [-0.25, -0.2) is 12.8 Å². The molecule has 2 aromatic carbocycles. The lowest BCUT2D eigenvalue weighted by Crippen LogP contribution is -2.49. The Labute approximate surface area is 187 Å². The van der Waals surface area contributed by atoms with Crippen molar-refractivity contribution in [2.45, 2.75) is 18.4 Å². The summed E-state index contributed by atoms with van der Waals surface area (Å²) in [5, 5.41) is 0. The smallest absolute Gasteiger partial charge is 0.254 e. The molecule has 0 aromatic heterocycles. The first kappa shape index (κ1) is 23.6. The van der Waals surface area contributed by atoms with Gasteiger partial charge in [-0.15, -0.1) is 6.58 Å². The summed E-state index contributed by atoms with van der Waals surface area (Å²) in [5.41, 5.74) is 0.676. The Morgan fingerprint density at radius 1 is 1.06 bits per heavy atom. The number of nitrogens with zero attached hydrogens (tertiary/aromatic N) is 3. The van der Waals surface area contributed by atoms with E-state index < -0.39 is 15.8 Å². The third-order valence-corrected chi connectivity index (χ3v) is 7.29. The van der Waals surface area contributed by atoms with Crippen molar-refractivity contribution in [3.05, 3.63) is 78.1 Å². The van der Waals surface area contributed by atoms with Gasteiger partial charge in [0.2, 0.25) is 15.9 Å². The van der Waals surface area contributed by atoms with Crippen LogP contribution in [0, 0.1) is 5.82 Å². The highest BCUT2D eigenvalue weighted by Crippen LogP contribution is 2.20. The second-order valence-electron chi connectivity index (χ2n) is 7.50. The number of carbonyl (C=O) groups is 2. The number of sulfonamides is 1. The fourth-order valence-electron chi connectivity index (χ4n) is 3.55. The van der Waals surface area contributed by atoms with Crippen molar-refractivity contribution in [2.75, 3.05) is 32.7 Å². The Hall–Kier alpha value is -3.04. The van der Waals surface area contributed by atoms with Gasteiger partial charge in [0.1, 0.15) is 5.82 Å². The lowest BCUT2D eigenvalue weighted by atomic mass is 10.1. The van der Waals surface area contributed by atoms with Gasteiger partial charge in [-0.05, 0) is 30.3 Å². The maximum Gasteiger partial charge on any atom is 0.254 e. The van der Waals surface area contributed by atoms with Crippen LogP contribution in [0.15, 0.2) is 66.1 Å². The van der Waals surface area contributed by atoms with Gasteiger partial charge >= 0.3 is 0 Å². The monoisotopic (exact) mass is 459 g/mol. The number of hydrogen-bond donors (Lipinski definition) is 0. The molecule has 1 saturated heterocycles. The standard InChI is InChI=1S/C23H26FN3O4S/c1-3-12-26(17-20-6-4-5-7-22(20)24)23(29)19-8-10-21(11-9-19)32(30,31)27-15-13-25(14-16-27)18(2)28/h3-11H,1,12-17H2,2H3. The van der Waals surface area contributed by atoms with Crippen LogP contribution >= 0.6 is 0 Å². The molecule has 1 aliphatic heterocycles. The van der Waals surface area contributed by atoms with Crippen molar-refractivity contribution in [2.24, 2.45) is 0 Å². The molecule has 170 valence electrons. The average Bonchev–Trinajstić information content (AvgIpc) is 2.80. The zero-order chi connectivity index (χ0) is 23.3. The summed E-state index contributed by atoms with van der Waals surface area (Å²) in [6.07, 6.45) is 1.55. The van der Waals surface area contributed by atoms with Gasteiger partial charge < -0.3 is 9.80 Å². The zero-order valence-electron chi connectivity index (χ0n) is 17.9. The molecule has 32 heavy (non-hydrogen) atoms. The number of carbonyl (C=O) groups excluding carboxylic acids is 2. The molecule has 9 heteroatoms. The van der Waals surface area contributed by atoms with E-state index in [4.69, 9.17) is 0 Å². The van der Waals surface area contributed by atoms with E-state index in [-0.39, 0.29) is 42.9 Å². The predicted octanol–water partition coefficient (Wildman–Crippen LogP) is 2.51. The molecule has 3 rings (SSSR count). The Morgan fingerprint density at radius 2 is 1.69 bits per heavy atom. The van der Waals surface area contributed by atoms with Crippen molar-refractivity contribution < 1.29 is 22.4 Å². The van der Waals surface area contributed by atoms with E-state index in [1.807, 2.05) is 0 Å². The third kappa shape index (κ3) is 5.23. The van der Waals surface area contributed by atoms with Crippen LogP contribution in [0.2, 0.25) is 0 Å². The second-order valence-corrected chi connectivity index (χ2v) is 9.44. The molecule has 2 amide bonds. The van der Waals surface area contributed by atoms with Crippen LogP contribution in [0.4, 0.5) is 4.39 Å². The first-order chi connectivity index (χ1) is 15.2. The van der Waals surface area contributed by atoms with Crippen LogP contribution in [0.3, 0.4) is 0 Å². The minimum Gasteiger partial charge on any atom is -0.340 e. The summed E-state index contributed by atoms with van der Waals surface area (Å²) in [4.78, 5) is 27.6. The van der Waals surface area contributed by atoms with Crippen LogP contribution in [0.25, 0.3) is 0 Å². The van der Waals surface area contributed by atoms with Gasteiger partial charge in [0.05, 0.1) is 4.90 Å². The molecule has 0 unspecified atom stereocenters. The van der Waals surface area contributed by atoms with Crippen LogP contribution in [-0.4, -0.2) is 67.1 Å². The van der Waals surface area contributed by atoms with Crippen LogP contribution in [0.5, 0.6) is 0 Å². The van der Waals surface area contributed by atoms with Crippen molar-refractivity contribution in [1.29, 1.82) is 0 Å². The summed E-state index contributed by atoms with van der Waals surface area (Å²) in [5.74, 6) is -0.836. The molecular weight excluding hydrogens is 433 g/mol. The Bertz CT molecular complexity index is 1090. The number of rotatable bonds is 7. The first-order valence-electron chi connectivity index (χ1n) is 10.2. The quantitative estimate of drug-likeness (QED) is 0.596. The molecule has 0 saturated carbocycles. The first-order valence-corrected chi connectivity index (χ1v) is 11.7. The average molecular weight is 460 g/mol. The summed E-state index contributed by atoms with van der Waals surface area (Å²) >= 11 is 0. The van der Waals surface area contributed by atoms with Gasteiger partial charge in [-0.1, -0.05) is 24.3 Å². The molecule has 1 heterocycles. The van der Waals surface area contributed by atoms with Crippen LogP contribution in [-0.2, 0) is 21.4 Å². The van der Waals surface area contributed by atoms with Crippen LogP contribution < -0.4 is 0 Å². The summed E-state index contributed by atoms with van der Waals surface area (Å²) in [6, 6.07) is 11.9. The highest BCUT2D eigenvalue weighted by Gasteiger charge is 2.29. The SMILES string of the molecule is C=CCN(Cc1ccccc1F)C(=O)c1ccc(S(=O)(=O)N2CCN(C(C)=O)CC2)cc1. The normalized spacial score (nSPS) is 14.8. The fourth-order valence-corrected chi connectivity index (χ4v) is 4.97. The maximum atomic E-state index is 14.0. The van der Waals surface area contributed by atoms with E-state index >= 15 is 0 Å². The molecule has 7 nitrogen and oxygen atoms in total. The van der Waals surface area contributed by atoms with E-state index in [0.29, 0.717) is 24.2 Å². The van der Waals surface area contributed by atoms with Gasteiger partial charge in [0.15, 0.2) is 0 Å². The summed E-state index contributed by atoms with van der Waals surface area (Å²) in [7, 11) is -3.73. The van der Waals surface area contributed by atoms with E-state index in [1.165, 1.54) is 46.5 Å². The fraction of sp³-hybridized carbons (Fsp3) is 0.304. The highest BCUT2D eigenvalue weighted by atomic mass is 32.2. The summed E-state index contributed by atoms with van der Waals surface area (Å²) < 4.78 is 41.2. The Kier molecular flexibility index (Phi) is 7.42. The molecule has 2 aromatic rings. The molecule has 1 fully saturated rings. The molecule has 0 radical (unpaired) electrons. The topological polar surface area (TPSA) is 78.0 Å². The predicted molar refractivity (Wildman–Crippen MR) is 119 cm³/mol. The lowest BCUT2D eigenvalue weighted by molar-refractivity contribution is -0.129. The van der Waals surface area contributed by atoms with Crippen molar-refractivity contribution in [3.8, 4) is 0 Å². The molecule has 0 aliphatic carbocycles. The number of amides is 2. The minimum atomic E-state index is -3.73. The van der Waals surface area contributed by atoms with E-state index in [2.05, 4.69) is 6.58 Å². The van der Waals surface area contributed by atoms with Crippen molar-refractivity contribution in [3.63, 3.8) is 0 Å². The molecule has 1 aliphatic rings. The van der Waals surface area contributed by atoms with Crippen LogP contribution in [0.1, 0.15) is 22.8 Å². The summed E-state index contributed by atoms with van der Waals surface area (Å²) in [6.45, 7) is 6.53. The Morgan fingerprint density at radius 3 is 2.25 bits per heavy atom. The minimum absolute atomic E-state index is 0.0675. The van der Waals surface area contributed by atoms with E-state index in [1.54, 1.807) is 29.2 Å². The van der Waals surface area contributed by atoms with Gasteiger partial charge in [-0.3, -0.25) is 9.59 Å². The van der Waals surface area contributed by atoms with Gasteiger partial charge in [0.25, 0.3) is 5.91 Å². The number of halogens is 1. The molecule has 0 spiro atoms. The molecule has 0 N–H and O–H groups in total. The number of hydrogen-bond acceptors (Lipinski definition) is 4. The van der Waals surface area contributed by atoms with Gasteiger partial charge in [0, 0.05) is 57.3 Å². The number of piperazine rings is 1. The van der Waals surface area contributed by atoms with E-state index in [9.17, 15) is 22.4 Å². The van der Waals surface area contributed by atoms with E-state index in [0.717, 1.165) is 0 Å². The largest absolute Gasteiger partial charge is 0.340 e. The highest BCUT2D eigenvalue weighted by molar-refractivity contribution is 7.89. The maximum absolute atomic E-state index is 14.0. The molecule has 0 atom stereocenters. The second kappa shape index (κ2) is 10.1. The Balaban J connectivity index is 1.74. The third-order valence-electron chi connectivity index (χ3n) is 5.38. The van der Waals surface area contributed by atoms with Gasteiger partial charge in [-0.2, -0.15) is 4.31 Å². The molecule has 0 bridgehead atoms.